The third-order valence-electron chi connectivity index (χ3n) is 5.84. The summed E-state index contributed by atoms with van der Waals surface area (Å²) < 4.78 is 3.57. The van der Waals surface area contributed by atoms with E-state index in [0.29, 0.717) is 35.8 Å². The van der Waals surface area contributed by atoms with Crippen molar-refractivity contribution < 1.29 is 14.7 Å². The quantitative estimate of drug-likeness (QED) is 0.421. The number of hydrogen-bond acceptors (Lipinski definition) is 6. The molecule has 0 saturated carbocycles. The summed E-state index contributed by atoms with van der Waals surface area (Å²) in [5.41, 5.74) is 2.42. The summed E-state index contributed by atoms with van der Waals surface area (Å²) >= 11 is 0. The van der Waals surface area contributed by atoms with Crippen LogP contribution in [0.3, 0.4) is 0 Å². The van der Waals surface area contributed by atoms with Crippen LogP contribution in [-0.2, 0) is 12.1 Å². The molecule has 0 fully saturated rings. The zero-order valence-corrected chi connectivity index (χ0v) is 19.1. The lowest BCUT2D eigenvalue weighted by Gasteiger charge is -2.23. The highest BCUT2D eigenvalue weighted by atomic mass is 16.3. The number of carbonyl (C=O) groups is 2. The summed E-state index contributed by atoms with van der Waals surface area (Å²) in [7, 11) is 0. The van der Waals surface area contributed by atoms with Gasteiger partial charge in [0.1, 0.15) is 22.6 Å². The van der Waals surface area contributed by atoms with Crippen molar-refractivity contribution in [3.63, 3.8) is 0 Å². The maximum absolute atomic E-state index is 12.9. The average molecular weight is 460 g/mol. The molecule has 0 aliphatic carbocycles. The molecule has 0 saturated heterocycles. The standard InChI is InChI=1S/C24H25N7O3/c1-14-10-26-23(33)19-9-16-4-5-18(29-21(16)31(14)19)22(32)28-17-11-27-30(13-17)12-15-6-7-25-20(8-15)24(2,3)34/h4-9,11,13-14,34H,10,12H2,1-3H3,(H,26,33)(H,28,32)/t14-/m1/s1. The topological polar surface area (TPSA) is 127 Å². The molecular formula is C24H25N7O3. The van der Waals surface area contributed by atoms with Crippen LogP contribution in [0.4, 0.5) is 5.69 Å². The van der Waals surface area contributed by atoms with Crippen LogP contribution < -0.4 is 10.6 Å². The summed E-state index contributed by atoms with van der Waals surface area (Å²) in [5, 5.41) is 21.0. The first-order valence-corrected chi connectivity index (χ1v) is 11.0. The predicted molar refractivity (Wildman–Crippen MR) is 126 cm³/mol. The van der Waals surface area contributed by atoms with E-state index in [1.54, 1.807) is 55.3 Å². The van der Waals surface area contributed by atoms with Crippen molar-refractivity contribution in [2.24, 2.45) is 0 Å². The second-order valence-corrected chi connectivity index (χ2v) is 9.06. The molecule has 1 atom stereocenters. The van der Waals surface area contributed by atoms with E-state index in [1.807, 2.05) is 23.6 Å². The van der Waals surface area contributed by atoms with Gasteiger partial charge in [-0.15, -0.1) is 0 Å². The largest absolute Gasteiger partial charge is 0.384 e. The minimum absolute atomic E-state index is 0.0411. The van der Waals surface area contributed by atoms with Gasteiger partial charge in [0.05, 0.1) is 30.2 Å². The SMILES string of the molecule is C[C@@H]1CNC(=O)c2cc3ccc(C(=O)Nc4cnn(Cc5ccnc(C(C)(C)O)c5)c4)nc3n21. The molecular weight excluding hydrogens is 434 g/mol. The fourth-order valence-electron chi connectivity index (χ4n) is 4.07. The number of rotatable bonds is 5. The Bertz CT molecular complexity index is 1410. The third-order valence-corrected chi connectivity index (χ3v) is 5.84. The van der Waals surface area contributed by atoms with Crippen molar-refractivity contribution in [2.45, 2.75) is 39.0 Å². The molecule has 0 unspecified atom stereocenters. The van der Waals surface area contributed by atoms with Crippen LogP contribution in [0.15, 0.2) is 48.9 Å². The Labute approximate surface area is 195 Å². The highest BCUT2D eigenvalue weighted by Crippen LogP contribution is 2.26. The number of amides is 2. The second kappa shape index (κ2) is 8.07. The van der Waals surface area contributed by atoms with E-state index in [0.717, 1.165) is 10.9 Å². The lowest BCUT2D eigenvalue weighted by atomic mass is 10.0. The minimum atomic E-state index is -1.03. The number of nitrogens with one attached hydrogen (secondary N) is 2. The molecule has 5 heterocycles. The van der Waals surface area contributed by atoms with Gasteiger partial charge in [-0.3, -0.25) is 19.3 Å². The third kappa shape index (κ3) is 4.03. The van der Waals surface area contributed by atoms with Crippen LogP contribution >= 0.6 is 0 Å². The molecule has 10 nitrogen and oxygen atoms in total. The van der Waals surface area contributed by atoms with Crippen molar-refractivity contribution >= 4 is 28.5 Å². The summed E-state index contributed by atoms with van der Waals surface area (Å²) in [4.78, 5) is 33.8. The molecule has 4 aromatic rings. The van der Waals surface area contributed by atoms with E-state index in [1.165, 1.54) is 0 Å². The molecule has 174 valence electrons. The number of carbonyl (C=O) groups excluding carboxylic acids is 2. The first kappa shape index (κ1) is 21.8. The highest BCUT2D eigenvalue weighted by molar-refractivity contribution is 6.04. The van der Waals surface area contributed by atoms with Gasteiger partial charge in [0.2, 0.25) is 0 Å². The number of aliphatic hydroxyl groups is 1. The molecule has 4 aromatic heterocycles. The molecule has 0 bridgehead atoms. The Morgan fingerprint density at radius 1 is 1.29 bits per heavy atom. The maximum atomic E-state index is 12.9. The number of pyridine rings is 2. The molecule has 2 amide bonds. The maximum Gasteiger partial charge on any atom is 0.274 e. The van der Waals surface area contributed by atoms with E-state index in [2.05, 4.69) is 25.7 Å². The van der Waals surface area contributed by atoms with Gasteiger partial charge in [0.15, 0.2) is 0 Å². The van der Waals surface area contributed by atoms with Gasteiger partial charge in [0, 0.05) is 24.3 Å². The fourth-order valence-corrected chi connectivity index (χ4v) is 4.07. The number of hydrogen-bond donors (Lipinski definition) is 3. The van der Waals surface area contributed by atoms with Gasteiger partial charge < -0.3 is 20.3 Å². The van der Waals surface area contributed by atoms with Crippen molar-refractivity contribution in [1.82, 2.24) is 29.6 Å². The van der Waals surface area contributed by atoms with Gasteiger partial charge in [-0.05, 0) is 56.7 Å². The van der Waals surface area contributed by atoms with Crippen LogP contribution in [-0.4, -0.2) is 47.8 Å². The van der Waals surface area contributed by atoms with Crippen molar-refractivity contribution in [1.29, 1.82) is 0 Å². The Kier molecular flexibility index (Phi) is 5.17. The average Bonchev–Trinajstić information content (AvgIpc) is 3.40. The highest BCUT2D eigenvalue weighted by Gasteiger charge is 2.25. The van der Waals surface area contributed by atoms with E-state index in [9.17, 15) is 14.7 Å². The molecule has 1 aliphatic rings. The summed E-state index contributed by atoms with van der Waals surface area (Å²) in [5.74, 6) is -0.503. The van der Waals surface area contributed by atoms with E-state index in [-0.39, 0.29) is 23.6 Å². The van der Waals surface area contributed by atoms with Crippen LogP contribution in [0.1, 0.15) is 59.0 Å². The Morgan fingerprint density at radius 2 is 2.12 bits per heavy atom. The van der Waals surface area contributed by atoms with Gasteiger partial charge in [-0.25, -0.2) is 4.98 Å². The molecule has 34 heavy (non-hydrogen) atoms. The summed E-state index contributed by atoms with van der Waals surface area (Å²) in [6.07, 6.45) is 4.95. The normalized spacial score (nSPS) is 15.8. The van der Waals surface area contributed by atoms with Gasteiger partial charge in [-0.2, -0.15) is 5.10 Å². The fraction of sp³-hybridized carbons (Fsp3) is 0.292. The Morgan fingerprint density at radius 3 is 2.91 bits per heavy atom. The van der Waals surface area contributed by atoms with Crippen molar-refractivity contribution in [3.8, 4) is 0 Å². The monoisotopic (exact) mass is 459 g/mol. The Balaban J connectivity index is 1.34. The molecule has 10 heteroatoms. The van der Waals surface area contributed by atoms with Crippen molar-refractivity contribution in [3.05, 3.63) is 71.6 Å². The molecule has 0 spiro atoms. The molecule has 0 radical (unpaired) electrons. The second-order valence-electron chi connectivity index (χ2n) is 9.06. The number of aromatic nitrogens is 5. The van der Waals surface area contributed by atoms with Crippen LogP contribution in [0.2, 0.25) is 0 Å². The number of fused-ring (bicyclic) bond motifs is 3. The first-order valence-electron chi connectivity index (χ1n) is 11.0. The zero-order chi connectivity index (χ0) is 24.0. The molecule has 1 aliphatic heterocycles. The zero-order valence-electron chi connectivity index (χ0n) is 19.1. The van der Waals surface area contributed by atoms with E-state index in [4.69, 9.17) is 0 Å². The van der Waals surface area contributed by atoms with E-state index < -0.39 is 5.60 Å². The van der Waals surface area contributed by atoms with Gasteiger partial charge >= 0.3 is 0 Å². The van der Waals surface area contributed by atoms with Gasteiger partial charge in [0.25, 0.3) is 11.8 Å². The predicted octanol–water partition coefficient (Wildman–Crippen LogP) is 2.46. The van der Waals surface area contributed by atoms with E-state index >= 15 is 0 Å². The molecule has 0 aromatic carbocycles. The lowest BCUT2D eigenvalue weighted by molar-refractivity contribution is 0.0737. The first-order chi connectivity index (χ1) is 16.2. The van der Waals surface area contributed by atoms with Gasteiger partial charge in [-0.1, -0.05) is 0 Å². The number of anilines is 1. The molecule has 3 N–H and O–H groups in total. The summed E-state index contributed by atoms with van der Waals surface area (Å²) in [6.45, 7) is 6.35. The minimum Gasteiger partial charge on any atom is -0.384 e. The Hall–Kier alpha value is -4.05. The van der Waals surface area contributed by atoms with Crippen molar-refractivity contribution in [2.75, 3.05) is 11.9 Å². The molecule has 5 rings (SSSR count). The smallest absolute Gasteiger partial charge is 0.274 e. The summed E-state index contributed by atoms with van der Waals surface area (Å²) in [6, 6.07) is 8.97. The van der Waals surface area contributed by atoms with Crippen LogP contribution in [0.5, 0.6) is 0 Å². The number of nitrogens with zero attached hydrogens (tertiary/aromatic N) is 5. The lowest BCUT2D eigenvalue weighted by Crippen LogP contribution is -2.37. The van der Waals surface area contributed by atoms with Crippen LogP contribution in [0, 0.1) is 0 Å². The van der Waals surface area contributed by atoms with Crippen LogP contribution in [0.25, 0.3) is 11.0 Å².